The van der Waals surface area contributed by atoms with Gasteiger partial charge in [0.1, 0.15) is 11.9 Å². The number of ether oxygens (including phenoxy) is 3. The van der Waals surface area contributed by atoms with Gasteiger partial charge >= 0.3 is 5.97 Å². The summed E-state index contributed by atoms with van der Waals surface area (Å²) in [6, 6.07) is 15.9. The lowest BCUT2D eigenvalue weighted by atomic mass is 9.66. The van der Waals surface area contributed by atoms with E-state index in [1.165, 1.54) is 6.42 Å². The van der Waals surface area contributed by atoms with Crippen molar-refractivity contribution in [2.24, 2.45) is 10.9 Å². The van der Waals surface area contributed by atoms with E-state index in [0.717, 1.165) is 48.9 Å². The van der Waals surface area contributed by atoms with Gasteiger partial charge in [0.15, 0.2) is 11.5 Å². The van der Waals surface area contributed by atoms with Crippen molar-refractivity contribution in [3.63, 3.8) is 0 Å². The Morgan fingerprint density at radius 2 is 1.72 bits per heavy atom. The lowest BCUT2D eigenvalue weighted by Gasteiger charge is -2.38. The second-order valence-electron chi connectivity index (χ2n) is 11.0. The van der Waals surface area contributed by atoms with Crippen molar-refractivity contribution in [3.8, 4) is 11.5 Å². The van der Waals surface area contributed by atoms with Crippen LogP contribution in [0.4, 0.5) is 0 Å². The molecule has 0 aromatic heterocycles. The Kier molecular flexibility index (Phi) is 8.49. The predicted octanol–water partition coefficient (Wildman–Crippen LogP) is 6.94. The van der Waals surface area contributed by atoms with Crippen molar-refractivity contribution in [3.05, 3.63) is 70.9 Å². The van der Waals surface area contributed by atoms with Crippen molar-refractivity contribution >= 4 is 17.5 Å². The maximum absolute atomic E-state index is 13.9. The molecule has 0 bridgehead atoms. The molecule has 3 aliphatic rings. The van der Waals surface area contributed by atoms with E-state index in [9.17, 15) is 9.59 Å². The standard InChI is InChI=1S/C33H39NO5/c1-4-17-38-28-16-15-23(20-29(28)37-3)31-30(33(36)39-25-13-9-6-10-14-25)21(2)34-26-18-24(19-27(35)32(26)31)22-11-7-5-8-12-22/h5,7-8,11-12,15-16,20,24-25,31-32H,4,6,9-10,13-14,17-19H2,1-3H3/t24-,31+,32?/m0/s1. The van der Waals surface area contributed by atoms with E-state index in [-0.39, 0.29) is 23.8 Å². The van der Waals surface area contributed by atoms with E-state index in [2.05, 4.69) is 19.1 Å². The fraction of sp³-hybridized carbons (Fsp3) is 0.485. The molecule has 0 N–H and O–H groups in total. The molecule has 1 aliphatic heterocycles. The van der Waals surface area contributed by atoms with E-state index < -0.39 is 11.8 Å². The first kappa shape index (κ1) is 27.2. The minimum atomic E-state index is -0.505. The van der Waals surface area contributed by atoms with Gasteiger partial charge in [-0.3, -0.25) is 9.79 Å². The molecule has 5 rings (SSSR count). The summed E-state index contributed by atoms with van der Waals surface area (Å²) in [6.45, 7) is 4.51. The third kappa shape index (κ3) is 5.80. The Morgan fingerprint density at radius 3 is 2.44 bits per heavy atom. The van der Waals surface area contributed by atoms with Crippen LogP contribution < -0.4 is 9.47 Å². The van der Waals surface area contributed by atoms with Gasteiger partial charge in [-0.2, -0.15) is 0 Å². The second kappa shape index (κ2) is 12.2. The fourth-order valence-corrected chi connectivity index (χ4v) is 6.37. The number of fused-ring (bicyclic) bond motifs is 1. The molecule has 2 aliphatic carbocycles. The minimum absolute atomic E-state index is 0.0808. The van der Waals surface area contributed by atoms with E-state index in [4.69, 9.17) is 19.2 Å². The minimum Gasteiger partial charge on any atom is -0.493 e. The zero-order valence-corrected chi connectivity index (χ0v) is 23.3. The van der Waals surface area contributed by atoms with Crippen molar-refractivity contribution < 1.29 is 23.8 Å². The van der Waals surface area contributed by atoms with Gasteiger partial charge < -0.3 is 14.2 Å². The van der Waals surface area contributed by atoms with E-state index in [1.807, 2.05) is 43.3 Å². The lowest BCUT2D eigenvalue weighted by molar-refractivity contribution is -0.146. The van der Waals surface area contributed by atoms with Crippen molar-refractivity contribution in [2.75, 3.05) is 13.7 Å². The molecule has 6 heteroatoms. The van der Waals surface area contributed by atoms with E-state index in [0.29, 0.717) is 42.2 Å². The van der Waals surface area contributed by atoms with Crippen LogP contribution in [0.25, 0.3) is 0 Å². The summed E-state index contributed by atoms with van der Waals surface area (Å²) in [5.41, 5.74) is 3.97. The number of Topliss-reactive ketones (excluding diaryl/α,β-unsaturated/α-hetero) is 1. The Hall–Kier alpha value is -3.41. The molecule has 0 spiro atoms. The molecule has 2 aromatic carbocycles. The molecule has 2 fully saturated rings. The van der Waals surface area contributed by atoms with Crippen LogP contribution in [0, 0.1) is 5.92 Å². The summed E-state index contributed by atoms with van der Waals surface area (Å²) >= 11 is 0. The highest BCUT2D eigenvalue weighted by atomic mass is 16.5. The monoisotopic (exact) mass is 529 g/mol. The largest absolute Gasteiger partial charge is 0.493 e. The van der Waals surface area contributed by atoms with Crippen LogP contribution in [-0.2, 0) is 14.3 Å². The van der Waals surface area contributed by atoms with Crippen LogP contribution in [0.2, 0.25) is 0 Å². The van der Waals surface area contributed by atoms with E-state index >= 15 is 0 Å². The van der Waals surface area contributed by atoms with Gasteiger partial charge in [0.25, 0.3) is 0 Å². The number of esters is 1. The van der Waals surface area contributed by atoms with Crippen LogP contribution >= 0.6 is 0 Å². The normalized spacial score (nSPS) is 23.6. The first-order valence-corrected chi connectivity index (χ1v) is 14.4. The molecule has 1 heterocycles. The number of carbonyl (C=O) groups excluding carboxylic acids is 2. The number of rotatable bonds is 8. The smallest absolute Gasteiger partial charge is 0.336 e. The molecule has 1 unspecified atom stereocenters. The quantitative estimate of drug-likeness (QED) is 0.347. The maximum atomic E-state index is 13.9. The maximum Gasteiger partial charge on any atom is 0.336 e. The molecule has 2 aromatic rings. The average Bonchev–Trinajstić information content (AvgIpc) is 2.96. The summed E-state index contributed by atoms with van der Waals surface area (Å²) in [5.74, 6) is 0.0981. The SMILES string of the molecule is CCCOc1ccc([C@@H]2C(C(=O)OC3CCCCC3)=C(C)N=C3C[C@H](c4ccccc4)CC(=O)C32)cc1OC. The van der Waals surface area contributed by atoms with Gasteiger partial charge in [0.05, 0.1) is 25.2 Å². The molecule has 39 heavy (non-hydrogen) atoms. The highest BCUT2D eigenvalue weighted by molar-refractivity contribution is 6.12. The van der Waals surface area contributed by atoms with Crippen LogP contribution in [-0.4, -0.2) is 37.3 Å². The van der Waals surface area contributed by atoms with E-state index in [1.54, 1.807) is 7.11 Å². The molecule has 206 valence electrons. The summed E-state index contributed by atoms with van der Waals surface area (Å²) < 4.78 is 17.6. The zero-order chi connectivity index (χ0) is 27.4. The van der Waals surface area contributed by atoms with Crippen molar-refractivity contribution in [1.82, 2.24) is 0 Å². The van der Waals surface area contributed by atoms with Gasteiger partial charge in [-0.1, -0.05) is 49.7 Å². The van der Waals surface area contributed by atoms with Crippen LogP contribution in [0.5, 0.6) is 11.5 Å². The average molecular weight is 530 g/mol. The fourth-order valence-electron chi connectivity index (χ4n) is 6.37. The van der Waals surface area contributed by atoms with Gasteiger partial charge in [-0.25, -0.2) is 4.79 Å². The zero-order valence-electron chi connectivity index (χ0n) is 23.3. The third-order valence-electron chi connectivity index (χ3n) is 8.28. The van der Waals surface area contributed by atoms with Crippen LogP contribution in [0.15, 0.2) is 64.8 Å². The first-order chi connectivity index (χ1) is 19.0. The van der Waals surface area contributed by atoms with Crippen LogP contribution in [0.1, 0.15) is 88.2 Å². The molecule has 3 atom stereocenters. The molecule has 0 radical (unpaired) electrons. The second-order valence-corrected chi connectivity index (χ2v) is 11.0. The van der Waals surface area contributed by atoms with Gasteiger partial charge in [-0.05, 0) is 74.6 Å². The number of hydrogen-bond acceptors (Lipinski definition) is 6. The first-order valence-electron chi connectivity index (χ1n) is 14.4. The summed E-state index contributed by atoms with van der Waals surface area (Å²) in [6.07, 6.45) is 6.99. The van der Waals surface area contributed by atoms with Crippen LogP contribution in [0.3, 0.4) is 0 Å². The summed E-state index contributed by atoms with van der Waals surface area (Å²) in [7, 11) is 1.61. The predicted molar refractivity (Wildman–Crippen MR) is 152 cm³/mol. The Balaban J connectivity index is 1.54. The van der Waals surface area contributed by atoms with Gasteiger partial charge in [0.2, 0.25) is 0 Å². The Morgan fingerprint density at radius 1 is 0.949 bits per heavy atom. The molecule has 6 nitrogen and oxygen atoms in total. The van der Waals surface area contributed by atoms with Gasteiger partial charge in [0, 0.05) is 23.7 Å². The van der Waals surface area contributed by atoms with Crippen molar-refractivity contribution in [2.45, 2.75) is 83.2 Å². The topological polar surface area (TPSA) is 74.2 Å². The number of allylic oxidation sites excluding steroid dienone is 1. The van der Waals surface area contributed by atoms with Gasteiger partial charge in [-0.15, -0.1) is 0 Å². The number of carbonyl (C=O) groups is 2. The molecular formula is C33H39NO5. The molecule has 0 saturated heterocycles. The molecule has 2 saturated carbocycles. The molecular weight excluding hydrogens is 490 g/mol. The third-order valence-corrected chi connectivity index (χ3v) is 8.28. The number of aliphatic imine (C=N–C) groups is 1. The number of ketones is 1. The summed E-state index contributed by atoms with van der Waals surface area (Å²) in [5, 5.41) is 0. The Bertz CT molecular complexity index is 1260. The lowest BCUT2D eigenvalue weighted by Crippen LogP contribution is -2.41. The highest BCUT2D eigenvalue weighted by Gasteiger charge is 2.46. The number of hydrogen-bond donors (Lipinski definition) is 0. The Labute approximate surface area is 231 Å². The number of methoxy groups -OCH3 is 1. The highest BCUT2D eigenvalue weighted by Crippen LogP contribution is 2.47. The molecule has 0 amide bonds. The summed E-state index contributed by atoms with van der Waals surface area (Å²) in [4.78, 5) is 32.6. The number of benzene rings is 2. The van der Waals surface area contributed by atoms with Crippen molar-refractivity contribution in [1.29, 1.82) is 0 Å². The number of nitrogens with zero attached hydrogens (tertiary/aromatic N) is 1.